The van der Waals surface area contributed by atoms with Crippen molar-refractivity contribution >= 4 is 85.6 Å². The van der Waals surface area contributed by atoms with Crippen LogP contribution in [0.15, 0.2) is 141 Å². The van der Waals surface area contributed by atoms with Crippen LogP contribution in [0.4, 0.5) is 0 Å². The van der Waals surface area contributed by atoms with Crippen molar-refractivity contribution in [2.45, 2.75) is 0 Å². The summed E-state index contributed by atoms with van der Waals surface area (Å²) in [6.45, 7) is 0. The molecule has 9 aromatic rings. The van der Waals surface area contributed by atoms with Crippen molar-refractivity contribution in [3.05, 3.63) is 138 Å². The van der Waals surface area contributed by atoms with Crippen LogP contribution in [0.3, 0.4) is 0 Å². The molecule has 190 valence electrons. The normalized spacial score (nSPS) is 12.4. The van der Waals surface area contributed by atoms with Crippen molar-refractivity contribution < 1.29 is 13.3 Å². The van der Waals surface area contributed by atoms with E-state index in [0.29, 0.717) is 0 Å². The molecule has 9 rings (SSSR count). The van der Waals surface area contributed by atoms with Crippen LogP contribution in [-0.2, 0) is 0 Å². The van der Waals surface area contributed by atoms with Gasteiger partial charge in [0.15, 0.2) is 0 Å². The molecular formula is C36H21IO3. The predicted molar refractivity (Wildman–Crippen MR) is 171 cm³/mol. The Hall–Kier alpha value is -4.55. The third kappa shape index (κ3) is 3.29. The Morgan fingerprint density at radius 2 is 0.600 bits per heavy atom. The Kier molecular flexibility index (Phi) is 4.72. The van der Waals surface area contributed by atoms with E-state index < -0.39 is 19.8 Å². The van der Waals surface area contributed by atoms with Crippen molar-refractivity contribution in [1.82, 2.24) is 0 Å². The van der Waals surface area contributed by atoms with Gasteiger partial charge in [-0.3, -0.25) is 0 Å². The molecule has 40 heavy (non-hydrogen) atoms. The second-order valence-corrected chi connectivity index (χ2v) is 15.4. The molecule has 0 N–H and O–H groups in total. The first kappa shape index (κ1) is 22.3. The molecule has 0 aliphatic rings. The van der Waals surface area contributed by atoms with Crippen LogP contribution >= 0.6 is 19.8 Å². The standard InChI is InChI=1S/C36H21IO3/c1-4-10-31-25(7-1)28-16-13-22(19-34(28)38-31)37(23-14-17-29-26-8-2-5-11-32(26)39-35(29)20-23)24-15-18-30-27-9-3-6-12-33(27)40-36(30)21-24/h1-21H. The Labute approximate surface area is 236 Å². The van der Waals surface area contributed by atoms with E-state index in [1.165, 1.54) is 10.7 Å². The van der Waals surface area contributed by atoms with E-state index in [4.69, 9.17) is 13.3 Å². The summed E-state index contributed by atoms with van der Waals surface area (Å²) >= 11 is -2.19. The molecule has 0 aliphatic carbocycles. The maximum atomic E-state index is 6.32. The van der Waals surface area contributed by atoms with Gasteiger partial charge in [-0.25, -0.2) is 0 Å². The van der Waals surface area contributed by atoms with Crippen LogP contribution in [0.1, 0.15) is 0 Å². The van der Waals surface area contributed by atoms with Gasteiger partial charge in [0.25, 0.3) is 0 Å². The van der Waals surface area contributed by atoms with E-state index in [9.17, 15) is 0 Å². The van der Waals surface area contributed by atoms with Crippen LogP contribution in [-0.4, -0.2) is 0 Å². The van der Waals surface area contributed by atoms with E-state index in [0.717, 1.165) is 65.8 Å². The fraction of sp³-hybridized carbons (Fsp3) is 0. The van der Waals surface area contributed by atoms with Gasteiger partial charge < -0.3 is 0 Å². The number of fused-ring (bicyclic) bond motifs is 9. The summed E-state index contributed by atoms with van der Waals surface area (Å²) in [7, 11) is 0. The molecule has 3 aromatic heterocycles. The number of hydrogen-bond donors (Lipinski definition) is 0. The molecule has 0 saturated carbocycles. The first-order valence-electron chi connectivity index (χ1n) is 13.2. The molecule has 0 bridgehead atoms. The first-order valence-corrected chi connectivity index (χ1v) is 16.5. The Morgan fingerprint density at radius 1 is 0.300 bits per heavy atom. The quantitative estimate of drug-likeness (QED) is 0.183. The summed E-state index contributed by atoms with van der Waals surface area (Å²) < 4.78 is 22.9. The maximum absolute atomic E-state index is 6.32. The fourth-order valence-corrected chi connectivity index (χ4v) is 11.4. The van der Waals surface area contributed by atoms with Gasteiger partial charge in [-0.2, -0.15) is 0 Å². The molecule has 0 amide bonds. The van der Waals surface area contributed by atoms with Crippen molar-refractivity contribution in [3.8, 4) is 0 Å². The van der Waals surface area contributed by atoms with Gasteiger partial charge in [-0.15, -0.1) is 0 Å². The van der Waals surface area contributed by atoms with Crippen LogP contribution < -0.4 is 0 Å². The topological polar surface area (TPSA) is 39.4 Å². The van der Waals surface area contributed by atoms with E-state index in [1.54, 1.807) is 0 Å². The van der Waals surface area contributed by atoms with E-state index in [2.05, 4.69) is 91.0 Å². The van der Waals surface area contributed by atoms with E-state index >= 15 is 0 Å². The predicted octanol–water partition coefficient (Wildman–Crippen LogP) is 10.8. The van der Waals surface area contributed by atoms with Crippen LogP contribution in [0.2, 0.25) is 0 Å². The molecule has 0 radical (unpaired) electrons. The Balaban J connectivity index is 1.29. The number of rotatable bonds is 3. The zero-order valence-electron chi connectivity index (χ0n) is 21.2. The third-order valence-electron chi connectivity index (χ3n) is 7.68. The first-order chi connectivity index (χ1) is 19.8. The second kappa shape index (κ2) is 8.47. The number of para-hydroxylation sites is 3. The molecule has 0 saturated heterocycles. The third-order valence-corrected chi connectivity index (χ3v) is 13.4. The van der Waals surface area contributed by atoms with Crippen LogP contribution in [0, 0.1) is 10.7 Å². The summed E-state index contributed by atoms with van der Waals surface area (Å²) in [5.41, 5.74) is 5.54. The van der Waals surface area contributed by atoms with Crippen molar-refractivity contribution in [2.24, 2.45) is 0 Å². The van der Waals surface area contributed by atoms with Crippen LogP contribution in [0.25, 0.3) is 65.8 Å². The summed E-state index contributed by atoms with van der Waals surface area (Å²) in [5, 5.41) is 6.90. The van der Waals surface area contributed by atoms with Gasteiger partial charge in [0.05, 0.1) is 0 Å². The molecule has 0 aliphatic heterocycles. The Bertz CT molecular complexity index is 2130. The number of furan rings is 3. The van der Waals surface area contributed by atoms with Gasteiger partial charge in [0.2, 0.25) is 0 Å². The molecular weight excluding hydrogens is 607 g/mol. The van der Waals surface area contributed by atoms with Crippen molar-refractivity contribution in [3.63, 3.8) is 0 Å². The van der Waals surface area contributed by atoms with E-state index in [-0.39, 0.29) is 0 Å². The molecule has 3 heterocycles. The molecule has 0 fully saturated rings. The average molecular weight is 628 g/mol. The molecule has 0 spiro atoms. The molecule has 4 heteroatoms. The van der Waals surface area contributed by atoms with Crippen molar-refractivity contribution in [2.75, 3.05) is 0 Å². The second-order valence-electron chi connectivity index (χ2n) is 10.00. The molecule has 3 nitrogen and oxygen atoms in total. The van der Waals surface area contributed by atoms with Gasteiger partial charge in [0, 0.05) is 0 Å². The zero-order chi connectivity index (χ0) is 26.2. The number of benzene rings is 6. The van der Waals surface area contributed by atoms with Crippen LogP contribution in [0.5, 0.6) is 0 Å². The SMILES string of the molecule is c1ccc2c(c1)oc1cc(I(c3ccc4c(c3)oc3ccccc34)c3ccc4c(c3)oc3ccccc34)ccc12. The van der Waals surface area contributed by atoms with Gasteiger partial charge in [0.1, 0.15) is 0 Å². The summed E-state index contributed by atoms with van der Waals surface area (Å²) in [5.74, 6) is 0. The molecule has 0 atom stereocenters. The number of hydrogen-bond acceptors (Lipinski definition) is 3. The van der Waals surface area contributed by atoms with E-state index in [1.807, 2.05) is 36.4 Å². The molecule has 0 unspecified atom stereocenters. The molecule has 6 aromatic carbocycles. The minimum atomic E-state index is -2.19. The summed E-state index contributed by atoms with van der Waals surface area (Å²) in [4.78, 5) is 0. The van der Waals surface area contributed by atoms with Gasteiger partial charge >= 0.3 is 237 Å². The minimum absolute atomic E-state index is 0.919. The van der Waals surface area contributed by atoms with Gasteiger partial charge in [-0.05, 0) is 0 Å². The summed E-state index contributed by atoms with van der Waals surface area (Å²) in [6, 6.07) is 45.1. The fourth-order valence-electron chi connectivity index (χ4n) is 5.83. The average Bonchev–Trinajstić information content (AvgIpc) is 3.67. The van der Waals surface area contributed by atoms with Crippen molar-refractivity contribution in [1.29, 1.82) is 0 Å². The number of halogens is 1. The Morgan fingerprint density at radius 3 is 0.950 bits per heavy atom. The monoisotopic (exact) mass is 628 g/mol. The van der Waals surface area contributed by atoms with Gasteiger partial charge in [-0.1, -0.05) is 0 Å². The summed E-state index contributed by atoms with van der Waals surface area (Å²) in [6.07, 6.45) is 0. The zero-order valence-corrected chi connectivity index (χ0v) is 23.4.